The Hall–Kier alpha value is -13.5. The summed E-state index contributed by atoms with van der Waals surface area (Å²) in [5.41, 5.74) is 23.1. The third-order valence-corrected chi connectivity index (χ3v) is 22.2. The second-order valence-corrected chi connectivity index (χ2v) is 31.0. The highest BCUT2D eigenvalue weighted by molar-refractivity contribution is 6.33. The van der Waals surface area contributed by atoms with Gasteiger partial charge in [0.2, 0.25) is 0 Å². The van der Waals surface area contributed by atoms with E-state index in [9.17, 15) is 23.6 Å². The minimum Gasteiger partial charge on any atom is -0.496 e. The maximum atomic E-state index is 14.2. The zero-order valence-corrected chi connectivity index (χ0v) is 71.2. The van der Waals surface area contributed by atoms with Gasteiger partial charge in [0, 0.05) is 129 Å². The fourth-order valence-corrected chi connectivity index (χ4v) is 15.0. The average Bonchev–Trinajstić information content (AvgIpc) is 1.02. The number of tetrazole rings is 4. The molecule has 0 aliphatic carbocycles. The van der Waals surface area contributed by atoms with Gasteiger partial charge in [-0.2, -0.15) is 19.2 Å². The van der Waals surface area contributed by atoms with Crippen LogP contribution in [0, 0.1) is 40.4 Å². The number of halogens is 2. The van der Waals surface area contributed by atoms with E-state index >= 15 is 0 Å². The van der Waals surface area contributed by atoms with E-state index in [0.29, 0.717) is 61.8 Å². The minimum atomic E-state index is -0.568. The molecule has 31 heteroatoms. The van der Waals surface area contributed by atoms with Crippen LogP contribution in [-0.4, -0.2) is 179 Å². The lowest BCUT2D eigenvalue weighted by atomic mass is 9.93. The van der Waals surface area contributed by atoms with Crippen molar-refractivity contribution in [3.05, 3.63) is 275 Å². The van der Waals surface area contributed by atoms with Crippen molar-refractivity contribution in [1.82, 2.24) is 95.8 Å². The molecule has 16 rings (SSSR count). The molecule has 4 aliphatic rings. The van der Waals surface area contributed by atoms with Gasteiger partial charge in [0.25, 0.3) is 29.7 Å². The minimum absolute atomic E-state index is 0.00739. The first kappa shape index (κ1) is 85.4. The number of hydrogen-bond acceptors (Lipinski definition) is 24. The van der Waals surface area contributed by atoms with Crippen LogP contribution in [0.5, 0.6) is 5.75 Å². The third kappa shape index (κ3) is 21.3. The molecule has 0 saturated heterocycles. The fraction of sp³-hybridized carbons (Fsp3) is 0.322. The number of methoxy groups -OCH3 is 1. The molecule has 0 fully saturated rings. The largest absolute Gasteiger partial charge is 0.496 e. The van der Waals surface area contributed by atoms with Crippen LogP contribution in [0.4, 0.5) is 33.9 Å². The summed E-state index contributed by atoms with van der Waals surface area (Å²) in [4.78, 5) is 78.1. The maximum absolute atomic E-state index is 14.2. The molecule has 5 aromatic carbocycles. The van der Waals surface area contributed by atoms with E-state index in [0.717, 1.165) is 148 Å². The van der Waals surface area contributed by atoms with Gasteiger partial charge in [0.05, 0.1) is 52.3 Å². The Bertz CT molecular complexity index is 5890. The standard InChI is InChI=1S/C24H28N6O.C23H24FN5O2.C22H25N7O.C21H21ClN6O/c1-5-30-27-24(26-28-30)29-11-10-16(2)22(15-29)20-8-6-19(7-9-20)13-23(31)21-12-18(4)25-14-17(21)3;1-15-11-12-29(23-25-27-28(2)26-23)14-18(15)17-9-7-16(8-10-17)13-20(30)22-19(24)5-4-6-21(22)31-3;1-14-9-10-29(22-25-27-28(4)26-22)13-20(14)17-5-7-18(8-6-17)24-21(30)19-12-23-16(3)11-15(19)2;1-14-5-3-4-6-17(14)20(29)11-16-8-7-15(12-23-16)18-13-28(10-9-19(18)22)21-24-26-27(2)25-21/h6-9,12,14H,5,10-11,13,15H2,1-4H3;4-10H,11-14H2,1-3H3;5-8,11-12H,9-10,13H2,1-4H3,(H,24,30);3-8,12H,9-11,13H2,1-2H3. The number of Topliss-reactive ketones (excluding diaryl/α,β-unsaturated/α-hetero) is 3. The highest BCUT2D eigenvalue weighted by Crippen LogP contribution is 2.35. The number of carbonyl (C=O) groups is 4. The Labute approximate surface area is 707 Å². The lowest BCUT2D eigenvalue weighted by molar-refractivity contribution is 0.0979. The molecule has 622 valence electrons. The van der Waals surface area contributed by atoms with Gasteiger partial charge in [-0.05, 0) is 217 Å². The Morgan fingerprint density at radius 1 is 0.446 bits per heavy atom. The summed E-state index contributed by atoms with van der Waals surface area (Å²) >= 11 is 6.51. The second-order valence-electron chi connectivity index (χ2n) is 30.5. The van der Waals surface area contributed by atoms with Crippen molar-refractivity contribution in [2.24, 2.45) is 21.1 Å². The number of nitrogens with one attached hydrogen (secondary N) is 1. The molecular formula is C90H98ClFN24O5. The van der Waals surface area contributed by atoms with Crippen LogP contribution in [0.15, 0.2) is 180 Å². The van der Waals surface area contributed by atoms with E-state index in [1.54, 1.807) is 50.6 Å². The Balaban J connectivity index is 0.000000139. The molecule has 7 aromatic heterocycles. The summed E-state index contributed by atoms with van der Waals surface area (Å²) in [6, 6.07) is 43.8. The van der Waals surface area contributed by atoms with E-state index in [1.165, 1.54) is 72.6 Å². The predicted molar refractivity (Wildman–Crippen MR) is 465 cm³/mol. The van der Waals surface area contributed by atoms with Crippen molar-refractivity contribution in [2.75, 3.05) is 84.4 Å². The average molecular weight is 1650 g/mol. The lowest BCUT2D eigenvalue weighted by Crippen LogP contribution is -2.31. The van der Waals surface area contributed by atoms with Crippen molar-refractivity contribution in [3.63, 3.8) is 0 Å². The molecule has 0 spiro atoms. The highest BCUT2D eigenvalue weighted by atomic mass is 35.5. The maximum Gasteiger partial charge on any atom is 0.266 e. The lowest BCUT2D eigenvalue weighted by Gasteiger charge is -2.29. The van der Waals surface area contributed by atoms with Gasteiger partial charge < -0.3 is 29.7 Å². The Kier molecular flexibility index (Phi) is 27.5. The van der Waals surface area contributed by atoms with Gasteiger partial charge in [0.15, 0.2) is 17.3 Å². The first-order valence-corrected chi connectivity index (χ1v) is 40.5. The molecule has 4 aliphatic heterocycles. The molecule has 0 saturated carbocycles. The molecule has 0 radical (unpaired) electrons. The van der Waals surface area contributed by atoms with Gasteiger partial charge in [0.1, 0.15) is 11.6 Å². The van der Waals surface area contributed by atoms with Crippen molar-refractivity contribution in [3.8, 4) is 5.75 Å². The highest BCUT2D eigenvalue weighted by Gasteiger charge is 2.28. The van der Waals surface area contributed by atoms with Crippen molar-refractivity contribution in [1.29, 1.82) is 0 Å². The number of anilines is 5. The molecule has 12 aromatic rings. The summed E-state index contributed by atoms with van der Waals surface area (Å²) in [6.07, 6.45) is 9.49. The molecule has 1 N–H and O–H groups in total. The molecule has 11 heterocycles. The van der Waals surface area contributed by atoms with Gasteiger partial charge in [-0.3, -0.25) is 34.1 Å². The number of ketones is 3. The number of pyridine rings is 3. The number of hydrogen-bond donors (Lipinski definition) is 1. The molecule has 121 heavy (non-hydrogen) atoms. The van der Waals surface area contributed by atoms with Crippen LogP contribution in [0.2, 0.25) is 0 Å². The van der Waals surface area contributed by atoms with Crippen LogP contribution in [0.25, 0.3) is 22.3 Å². The second kappa shape index (κ2) is 38.9. The van der Waals surface area contributed by atoms with E-state index in [-0.39, 0.29) is 47.4 Å². The van der Waals surface area contributed by atoms with Gasteiger partial charge in [-0.15, -0.1) is 20.4 Å². The summed E-state index contributed by atoms with van der Waals surface area (Å²) in [6.45, 7) is 25.0. The Morgan fingerprint density at radius 2 is 0.917 bits per heavy atom. The molecule has 0 bridgehead atoms. The summed E-state index contributed by atoms with van der Waals surface area (Å²) in [5.74, 6) is 1.94. The normalized spacial score (nSPS) is 14.2. The van der Waals surface area contributed by atoms with Crippen LogP contribution in [0.3, 0.4) is 0 Å². The predicted octanol–water partition coefficient (Wildman–Crippen LogP) is 13.6. The summed E-state index contributed by atoms with van der Waals surface area (Å²) < 4.78 is 19.3. The topological polar surface area (TPSA) is 316 Å². The molecule has 1 amide bonds. The quantitative estimate of drug-likeness (QED) is 0.0653. The zero-order valence-electron chi connectivity index (χ0n) is 70.4. The molecule has 0 unspecified atom stereocenters. The summed E-state index contributed by atoms with van der Waals surface area (Å²) in [7, 11) is 6.69. The van der Waals surface area contributed by atoms with Crippen LogP contribution in [0.1, 0.15) is 162 Å². The van der Waals surface area contributed by atoms with Crippen LogP contribution in [-0.2, 0) is 47.0 Å². The van der Waals surface area contributed by atoms with E-state index in [2.05, 4.69) is 142 Å². The van der Waals surface area contributed by atoms with Gasteiger partial charge in [-0.1, -0.05) is 146 Å². The zero-order chi connectivity index (χ0) is 85.5. The first-order valence-electron chi connectivity index (χ1n) is 40.1. The Morgan fingerprint density at radius 3 is 1.40 bits per heavy atom. The SMILES string of the molecule is CC1=C(c2ccc(NC(=O)c3cnc(C)cc3C)cc2)CN(c2nnn(C)n2)CC1.CCn1nnc(N2CCC(C)=C(c3ccc(CC(=O)c4cc(C)ncc4C)cc3)C2)n1.COc1cccc(F)c1C(=O)Cc1ccc(C2=C(C)CCN(c3nnn(C)n3)C2)cc1.Cc1ccccc1C(=O)Cc1ccc(C2=C(Cl)CCN(c3nnn(C)n3)C2)cn1. The number of aryl methyl sites for hydroxylation is 9. The first-order chi connectivity index (χ1) is 58.3. The molecule has 29 nitrogen and oxygen atoms in total. The van der Waals surface area contributed by atoms with Gasteiger partial charge >= 0.3 is 0 Å². The third-order valence-electron chi connectivity index (χ3n) is 21.8. The number of ether oxygens (including phenoxy) is 1. The van der Waals surface area contributed by atoms with Crippen molar-refractivity contribution < 1.29 is 28.3 Å². The number of nitrogens with zero attached hydrogens (tertiary/aromatic N) is 23. The number of rotatable bonds is 21. The van der Waals surface area contributed by atoms with Crippen LogP contribution >= 0.6 is 11.6 Å². The number of benzene rings is 5. The number of amides is 1. The van der Waals surface area contributed by atoms with E-state index in [4.69, 9.17) is 16.3 Å². The van der Waals surface area contributed by atoms with Crippen molar-refractivity contribution >= 4 is 86.6 Å². The molecule has 0 atom stereocenters. The smallest absolute Gasteiger partial charge is 0.266 e. The van der Waals surface area contributed by atoms with Crippen LogP contribution < -0.4 is 29.7 Å². The van der Waals surface area contributed by atoms with Gasteiger partial charge in [-0.25, -0.2) is 4.39 Å². The monoisotopic (exact) mass is 1650 g/mol. The summed E-state index contributed by atoms with van der Waals surface area (Å²) in [5, 5.41) is 53.5. The fourth-order valence-electron chi connectivity index (χ4n) is 14.8. The van der Waals surface area contributed by atoms with E-state index < -0.39 is 5.82 Å². The van der Waals surface area contributed by atoms with Crippen molar-refractivity contribution in [2.45, 2.75) is 114 Å². The number of aromatic nitrogens is 19. The molecular weight excluding hydrogens is 1550 g/mol. The number of carbonyl (C=O) groups excluding carboxylic acids is 4. The van der Waals surface area contributed by atoms with E-state index in [1.807, 2.05) is 144 Å².